The standard InChI is InChI=1S/C23H35NO7/c1-5-24-9-10-6-14(25)22-12-7-11-13(29-2)8-21(27,15(12)18(11)30-3)23(28,20(22)24)19(31-4)16(22)17(10)26/h10-16,18-20,25,27-28H,5-9H2,1-4H3/t10?,11-,12-,13+,14+,15-,16+,18+,19+,20-,21-,22+,23+/m1/s1. The second-order valence-electron chi connectivity index (χ2n) is 10.9. The van der Waals surface area contributed by atoms with Crippen molar-refractivity contribution in [2.24, 2.45) is 35.0 Å². The number of aliphatic hydroxyl groups is 3. The first-order valence-corrected chi connectivity index (χ1v) is 11.8. The van der Waals surface area contributed by atoms with Crippen molar-refractivity contribution in [3.8, 4) is 0 Å². The molecule has 174 valence electrons. The average molecular weight is 438 g/mol. The van der Waals surface area contributed by atoms with Crippen LogP contribution in [0.1, 0.15) is 26.2 Å². The van der Waals surface area contributed by atoms with E-state index in [1.165, 1.54) is 7.11 Å². The fraction of sp³-hybridized carbons (Fsp3) is 0.957. The number of methoxy groups -OCH3 is 3. The van der Waals surface area contributed by atoms with Gasteiger partial charge in [0.1, 0.15) is 23.1 Å². The summed E-state index contributed by atoms with van der Waals surface area (Å²) in [4.78, 5) is 16.0. The summed E-state index contributed by atoms with van der Waals surface area (Å²) in [7, 11) is 4.80. The van der Waals surface area contributed by atoms with Crippen LogP contribution in [0.2, 0.25) is 0 Å². The molecule has 1 spiro atoms. The number of ketones is 1. The van der Waals surface area contributed by atoms with Gasteiger partial charge in [-0.05, 0) is 25.3 Å². The van der Waals surface area contributed by atoms with Crippen molar-refractivity contribution in [3.63, 3.8) is 0 Å². The van der Waals surface area contributed by atoms with Crippen LogP contribution in [0.5, 0.6) is 0 Å². The Kier molecular flexibility index (Phi) is 4.25. The lowest BCUT2D eigenvalue weighted by molar-refractivity contribution is -0.307. The summed E-state index contributed by atoms with van der Waals surface area (Å²) < 4.78 is 17.7. The van der Waals surface area contributed by atoms with Crippen LogP contribution in [0, 0.1) is 35.0 Å². The number of likely N-dealkylation sites (N-methyl/N-ethyl adjacent to an activating group) is 1. The molecule has 1 unspecified atom stereocenters. The van der Waals surface area contributed by atoms with Gasteiger partial charge in [-0.25, -0.2) is 0 Å². The van der Waals surface area contributed by atoms with Crippen molar-refractivity contribution < 1.29 is 34.3 Å². The average Bonchev–Trinajstić information content (AvgIpc) is 3.11. The van der Waals surface area contributed by atoms with Crippen molar-refractivity contribution >= 4 is 5.78 Å². The molecule has 0 amide bonds. The Morgan fingerprint density at radius 3 is 2.48 bits per heavy atom. The largest absolute Gasteiger partial charge is 0.392 e. The van der Waals surface area contributed by atoms with E-state index in [2.05, 4.69) is 4.90 Å². The van der Waals surface area contributed by atoms with Crippen LogP contribution in [-0.2, 0) is 19.0 Å². The van der Waals surface area contributed by atoms with Gasteiger partial charge in [-0.1, -0.05) is 6.92 Å². The number of Topliss-reactive ketones (excluding diaryl/α,β-unsaturated/α-hetero) is 1. The zero-order valence-electron chi connectivity index (χ0n) is 18.7. The smallest absolute Gasteiger partial charge is 0.143 e. The maximum Gasteiger partial charge on any atom is 0.143 e. The Hall–Kier alpha value is -0.610. The van der Waals surface area contributed by atoms with E-state index in [1.807, 2.05) is 6.92 Å². The SMILES string of the molecule is CCN1CC2C[C@H](O)[C@]34[C@@H]5C[C@H]6[C@H](OC)[C@@H]5[C@](O)(C[C@@H]6OC)[C@@](O)([C@H]13)[C@@H](OC)[C@@H]4C2=O. The Morgan fingerprint density at radius 1 is 1.13 bits per heavy atom. The van der Waals surface area contributed by atoms with Gasteiger partial charge in [-0.3, -0.25) is 9.69 Å². The van der Waals surface area contributed by atoms with Crippen LogP contribution in [0.3, 0.4) is 0 Å². The molecule has 8 heteroatoms. The topological polar surface area (TPSA) is 109 Å². The van der Waals surface area contributed by atoms with Crippen molar-refractivity contribution in [3.05, 3.63) is 0 Å². The fourth-order valence-corrected chi connectivity index (χ4v) is 9.95. The fourth-order valence-electron chi connectivity index (χ4n) is 9.95. The Morgan fingerprint density at radius 2 is 1.87 bits per heavy atom. The minimum atomic E-state index is -1.71. The molecule has 8 nitrogen and oxygen atoms in total. The number of rotatable bonds is 4. The number of ether oxygens (including phenoxy) is 3. The van der Waals surface area contributed by atoms with E-state index in [0.29, 0.717) is 25.9 Å². The number of hydrogen-bond acceptors (Lipinski definition) is 8. The molecule has 2 saturated heterocycles. The Balaban J connectivity index is 1.68. The monoisotopic (exact) mass is 437 g/mol. The highest BCUT2D eigenvalue weighted by atomic mass is 16.5. The van der Waals surface area contributed by atoms with E-state index in [-0.39, 0.29) is 48.1 Å². The molecule has 2 heterocycles. The number of hydrogen-bond donors (Lipinski definition) is 3. The normalized spacial score (nSPS) is 61.7. The molecule has 3 N–H and O–H groups in total. The summed E-state index contributed by atoms with van der Waals surface area (Å²) >= 11 is 0. The van der Waals surface area contributed by atoms with Gasteiger partial charge in [0.2, 0.25) is 0 Å². The van der Waals surface area contributed by atoms with E-state index in [0.717, 1.165) is 0 Å². The molecule has 13 atom stereocenters. The molecule has 0 aromatic heterocycles. The lowest BCUT2D eigenvalue weighted by Gasteiger charge is -2.64. The lowest BCUT2D eigenvalue weighted by atomic mass is 9.47. The van der Waals surface area contributed by atoms with E-state index < -0.39 is 40.8 Å². The van der Waals surface area contributed by atoms with Gasteiger partial charge in [0.15, 0.2) is 0 Å². The Bertz CT molecular complexity index is 809. The van der Waals surface area contributed by atoms with Gasteiger partial charge in [0, 0.05) is 57.5 Å². The number of aliphatic hydroxyl groups excluding tert-OH is 1. The summed E-state index contributed by atoms with van der Waals surface area (Å²) in [6.45, 7) is 3.16. The highest BCUT2D eigenvalue weighted by molar-refractivity contribution is 5.88. The first-order chi connectivity index (χ1) is 14.8. The predicted molar refractivity (Wildman–Crippen MR) is 108 cm³/mol. The van der Waals surface area contributed by atoms with Crippen molar-refractivity contribution in [2.45, 2.75) is 67.8 Å². The first kappa shape index (κ1) is 21.0. The minimum absolute atomic E-state index is 0.0562. The summed E-state index contributed by atoms with van der Waals surface area (Å²) in [5, 5.41) is 36.9. The van der Waals surface area contributed by atoms with Crippen molar-refractivity contribution in [2.75, 3.05) is 34.4 Å². The quantitative estimate of drug-likeness (QED) is 0.537. The third kappa shape index (κ3) is 1.91. The molecule has 7 fully saturated rings. The molecule has 0 radical (unpaired) electrons. The van der Waals surface area contributed by atoms with Crippen molar-refractivity contribution in [1.29, 1.82) is 0 Å². The molecule has 0 aromatic carbocycles. The van der Waals surface area contributed by atoms with E-state index >= 15 is 0 Å². The van der Waals surface area contributed by atoms with Crippen LogP contribution in [0.25, 0.3) is 0 Å². The van der Waals surface area contributed by atoms with Crippen LogP contribution in [0.15, 0.2) is 0 Å². The van der Waals surface area contributed by atoms with E-state index in [1.54, 1.807) is 14.2 Å². The van der Waals surface area contributed by atoms with Crippen LogP contribution >= 0.6 is 0 Å². The minimum Gasteiger partial charge on any atom is -0.392 e. The number of carbonyl (C=O) groups excluding carboxylic acids is 1. The van der Waals surface area contributed by atoms with Crippen LogP contribution in [-0.4, -0.2) is 102 Å². The molecule has 0 aromatic rings. The van der Waals surface area contributed by atoms with Gasteiger partial charge >= 0.3 is 0 Å². The van der Waals surface area contributed by atoms with Crippen LogP contribution in [0.4, 0.5) is 0 Å². The van der Waals surface area contributed by atoms with Gasteiger partial charge < -0.3 is 29.5 Å². The second-order valence-corrected chi connectivity index (χ2v) is 10.9. The maximum atomic E-state index is 13.8. The lowest BCUT2D eigenvalue weighted by Crippen LogP contribution is -2.79. The highest BCUT2D eigenvalue weighted by Crippen LogP contribution is 2.77. The molecular weight excluding hydrogens is 402 g/mol. The molecule has 2 aliphatic heterocycles. The van der Waals surface area contributed by atoms with Crippen LogP contribution < -0.4 is 0 Å². The predicted octanol–water partition coefficient (Wildman–Crippen LogP) is -0.567. The zero-order valence-corrected chi connectivity index (χ0v) is 18.7. The number of nitrogens with zero attached hydrogens (tertiary/aromatic N) is 1. The highest BCUT2D eigenvalue weighted by Gasteiger charge is 2.90. The molecule has 5 saturated carbocycles. The molecule has 31 heavy (non-hydrogen) atoms. The van der Waals surface area contributed by atoms with Crippen molar-refractivity contribution in [1.82, 2.24) is 4.90 Å². The summed E-state index contributed by atoms with van der Waals surface area (Å²) in [5.41, 5.74) is -4.11. The van der Waals surface area contributed by atoms with E-state index in [4.69, 9.17) is 14.2 Å². The summed E-state index contributed by atoms with van der Waals surface area (Å²) in [6, 6.07) is -0.551. The zero-order chi connectivity index (χ0) is 22.1. The van der Waals surface area contributed by atoms with E-state index in [9.17, 15) is 20.1 Å². The number of fused-ring (bicyclic) bond motifs is 4. The maximum absolute atomic E-state index is 13.8. The Labute approximate surface area is 182 Å². The molecule has 7 bridgehead atoms. The first-order valence-electron chi connectivity index (χ1n) is 11.8. The second kappa shape index (κ2) is 6.29. The summed E-state index contributed by atoms with van der Waals surface area (Å²) in [6.07, 6.45) is -0.793. The van der Waals surface area contributed by atoms with Gasteiger partial charge in [-0.2, -0.15) is 0 Å². The molecule has 7 aliphatic rings. The third-order valence-corrected chi connectivity index (χ3v) is 10.6. The van der Waals surface area contributed by atoms with Gasteiger partial charge in [-0.15, -0.1) is 0 Å². The van der Waals surface area contributed by atoms with Gasteiger partial charge in [0.25, 0.3) is 0 Å². The van der Waals surface area contributed by atoms with Gasteiger partial charge in [0.05, 0.1) is 30.3 Å². The molecule has 7 rings (SSSR count). The summed E-state index contributed by atoms with van der Waals surface area (Å²) in [5.74, 6) is -1.30. The number of carbonyl (C=O) groups is 1. The molecule has 5 aliphatic carbocycles. The molecular formula is C23H35NO7. The third-order valence-electron chi connectivity index (χ3n) is 10.6.